The number of aryl methyl sites for hydroxylation is 1. The number of nitrogens with one attached hydrogen (secondary N) is 1. The second kappa shape index (κ2) is 6.02. The minimum Gasteiger partial charge on any atom is -0.309 e. The Kier molecular flexibility index (Phi) is 5.06. The van der Waals surface area contributed by atoms with Gasteiger partial charge in [0.25, 0.3) is 0 Å². The van der Waals surface area contributed by atoms with Gasteiger partial charge in [-0.1, -0.05) is 6.92 Å². The zero-order chi connectivity index (χ0) is 15.6. The van der Waals surface area contributed by atoms with Crippen LogP contribution in [0.4, 0.5) is 26.3 Å². The van der Waals surface area contributed by atoms with Crippen LogP contribution in [0, 0.1) is 5.92 Å². The molecule has 0 fully saturated rings. The molecule has 1 unspecified atom stereocenters. The summed E-state index contributed by atoms with van der Waals surface area (Å²) in [5, 5.41) is 5.98. The SMILES string of the molecule is CCNC(c1cnn(CC)c1)C(C(F)(F)F)C(F)(F)F. The van der Waals surface area contributed by atoms with Crippen LogP contribution in [0.5, 0.6) is 0 Å². The maximum Gasteiger partial charge on any atom is 0.402 e. The summed E-state index contributed by atoms with van der Waals surface area (Å²) in [5.74, 6) is -3.47. The molecule has 1 atom stereocenters. The number of rotatable bonds is 5. The molecule has 0 saturated heterocycles. The van der Waals surface area contributed by atoms with Crippen LogP contribution in [0.15, 0.2) is 12.4 Å². The lowest BCUT2D eigenvalue weighted by molar-refractivity contribution is -0.292. The molecule has 0 aliphatic rings. The minimum atomic E-state index is -5.39. The third-order valence-corrected chi connectivity index (χ3v) is 2.80. The first kappa shape index (κ1) is 16.8. The highest BCUT2D eigenvalue weighted by Crippen LogP contribution is 2.46. The van der Waals surface area contributed by atoms with E-state index in [1.54, 1.807) is 6.92 Å². The molecule has 0 radical (unpaired) electrons. The van der Waals surface area contributed by atoms with Crippen molar-refractivity contribution in [3.05, 3.63) is 18.0 Å². The number of hydrogen-bond acceptors (Lipinski definition) is 2. The molecule has 0 amide bonds. The fourth-order valence-corrected chi connectivity index (χ4v) is 1.92. The minimum absolute atomic E-state index is 0.0232. The third kappa shape index (κ3) is 3.87. The van der Waals surface area contributed by atoms with E-state index in [1.807, 2.05) is 0 Å². The van der Waals surface area contributed by atoms with Crippen molar-refractivity contribution >= 4 is 0 Å². The van der Waals surface area contributed by atoms with Crippen molar-refractivity contribution in [1.82, 2.24) is 15.1 Å². The lowest BCUT2D eigenvalue weighted by atomic mass is 9.93. The molecule has 0 aliphatic carbocycles. The molecule has 116 valence electrons. The van der Waals surface area contributed by atoms with Crippen LogP contribution in [0.2, 0.25) is 0 Å². The summed E-state index contributed by atoms with van der Waals surface area (Å²) >= 11 is 0. The number of nitrogens with zero attached hydrogens (tertiary/aromatic N) is 2. The lowest BCUT2D eigenvalue weighted by Crippen LogP contribution is -2.45. The molecule has 1 heterocycles. The fourth-order valence-electron chi connectivity index (χ4n) is 1.92. The van der Waals surface area contributed by atoms with Crippen LogP contribution in [-0.4, -0.2) is 28.7 Å². The fraction of sp³-hybridized carbons (Fsp3) is 0.727. The van der Waals surface area contributed by atoms with E-state index in [4.69, 9.17) is 0 Å². The summed E-state index contributed by atoms with van der Waals surface area (Å²) in [6, 6.07) is -1.90. The molecule has 0 spiro atoms. The van der Waals surface area contributed by atoms with Crippen LogP contribution in [0.1, 0.15) is 25.5 Å². The molecule has 1 N–H and O–H groups in total. The van der Waals surface area contributed by atoms with Crippen molar-refractivity contribution in [2.24, 2.45) is 5.92 Å². The van der Waals surface area contributed by atoms with Crippen LogP contribution in [-0.2, 0) is 6.54 Å². The Morgan fingerprint density at radius 2 is 1.70 bits per heavy atom. The van der Waals surface area contributed by atoms with E-state index in [2.05, 4.69) is 10.4 Å². The van der Waals surface area contributed by atoms with Gasteiger partial charge in [-0.05, 0) is 13.5 Å². The Hall–Kier alpha value is -1.25. The largest absolute Gasteiger partial charge is 0.402 e. The highest BCUT2D eigenvalue weighted by molar-refractivity contribution is 5.14. The predicted octanol–water partition coefficient (Wildman–Crippen LogP) is 3.29. The van der Waals surface area contributed by atoms with Gasteiger partial charge in [-0.25, -0.2) is 0 Å². The second-order valence-electron chi connectivity index (χ2n) is 4.23. The Labute approximate surface area is 112 Å². The van der Waals surface area contributed by atoms with Crippen molar-refractivity contribution in [2.75, 3.05) is 6.54 Å². The van der Waals surface area contributed by atoms with Crippen molar-refractivity contribution < 1.29 is 26.3 Å². The quantitative estimate of drug-likeness (QED) is 0.846. The van der Waals surface area contributed by atoms with E-state index in [1.165, 1.54) is 17.8 Å². The van der Waals surface area contributed by atoms with E-state index in [-0.39, 0.29) is 12.1 Å². The average molecular weight is 303 g/mol. The number of halogens is 6. The number of aromatic nitrogens is 2. The second-order valence-corrected chi connectivity index (χ2v) is 4.23. The standard InChI is InChI=1S/C11H15F6N3/c1-3-18-8(7-5-19-20(4-2)6-7)9(10(12,13)14)11(15,16)17/h5-6,8-9,18H,3-4H2,1-2H3. The summed E-state index contributed by atoms with van der Waals surface area (Å²) in [7, 11) is 0. The molecule has 1 aromatic heterocycles. The van der Waals surface area contributed by atoms with Gasteiger partial charge >= 0.3 is 12.4 Å². The molecule has 3 nitrogen and oxygen atoms in total. The molecule has 0 saturated carbocycles. The van der Waals surface area contributed by atoms with Crippen LogP contribution >= 0.6 is 0 Å². The summed E-state index contributed by atoms with van der Waals surface area (Å²) in [5.41, 5.74) is -0.131. The van der Waals surface area contributed by atoms with Crippen LogP contribution < -0.4 is 5.32 Å². The summed E-state index contributed by atoms with van der Waals surface area (Å²) in [4.78, 5) is 0. The highest BCUT2D eigenvalue weighted by atomic mass is 19.4. The van der Waals surface area contributed by atoms with Gasteiger partial charge in [0, 0.05) is 18.3 Å². The number of alkyl halides is 6. The van der Waals surface area contributed by atoms with E-state index in [0.29, 0.717) is 6.54 Å². The summed E-state index contributed by atoms with van der Waals surface area (Å²) in [6.07, 6.45) is -8.56. The van der Waals surface area contributed by atoms with Gasteiger partial charge in [0.05, 0.1) is 12.2 Å². The Balaban J connectivity index is 3.21. The molecular weight excluding hydrogens is 288 g/mol. The molecular formula is C11H15F6N3. The van der Waals surface area contributed by atoms with Crippen molar-refractivity contribution in [2.45, 2.75) is 38.8 Å². The van der Waals surface area contributed by atoms with Crippen LogP contribution in [0.25, 0.3) is 0 Å². The van der Waals surface area contributed by atoms with Crippen molar-refractivity contribution in [3.63, 3.8) is 0 Å². The molecule has 20 heavy (non-hydrogen) atoms. The molecule has 1 rings (SSSR count). The first-order valence-electron chi connectivity index (χ1n) is 6.00. The van der Waals surface area contributed by atoms with Gasteiger partial charge in [-0.15, -0.1) is 0 Å². The predicted molar refractivity (Wildman–Crippen MR) is 59.9 cm³/mol. The van der Waals surface area contributed by atoms with E-state index in [9.17, 15) is 26.3 Å². The first-order chi connectivity index (χ1) is 9.11. The van der Waals surface area contributed by atoms with Gasteiger partial charge in [0.15, 0.2) is 5.92 Å². The maximum atomic E-state index is 12.8. The Morgan fingerprint density at radius 1 is 1.15 bits per heavy atom. The van der Waals surface area contributed by atoms with Gasteiger partial charge in [0.2, 0.25) is 0 Å². The maximum absolute atomic E-state index is 12.8. The summed E-state index contributed by atoms with van der Waals surface area (Å²) in [6.45, 7) is 3.47. The van der Waals surface area contributed by atoms with Crippen LogP contribution in [0.3, 0.4) is 0 Å². The van der Waals surface area contributed by atoms with E-state index < -0.39 is 24.3 Å². The average Bonchev–Trinajstić information content (AvgIpc) is 2.72. The Morgan fingerprint density at radius 3 is 2.05 bits per heavy atom. The highest BCUT2D eigenvalue weighted by Gasteiger charge is 2.60. The molecule has 0 aromatic carbocycles. The van der Waals surface area contributed by atoms with Gasteiger partial charge < -0.3 is 5.32 Å². The Bertz CT molecular complexity index is 409. The topological polar surface area (TPSA) is 29.9 Å². The van der Waals surface area contributed by atoms with Gasteiger partial charge in [-0.3, -0.25) is 4.68 Å². The molecule has 9 heteroatoms. The van der Waals surface area contributed by atoms with Gasteiger partial charge in [-0.2, -0.15) is 31.4 Å². The first-order valence-corrected chi connectivity index (χ1v) is 6.00. The molecule has 0 bridgehead atoms. The lowest BCUT2D eigenvalue weighted by Gasteiger charge is -2.30. The monoisotopic (exact) mass is 303 g/mol. The van der Waals surface area contributed by atoms with Crippen molar-refractivity contribution in [3.8, 4) is 0 Å². The zero-order valence-electron chi connectivity index (χ0n) is 10.9. The number of hydrogen-bond donors (Lipinski definition) is 1. The molecule has 1 aromatic rings. The van der Waals surface area contributed by atoms with Gasteiger partial charge in [0.1, 0.15) is 0 Å². The normalized spacial score (nSPS) is 14.8. The van der Waals surface area contributed by atoms with E-state index >= 15 is 0 Å². The van der Waals surface area contributed by atoms with E-state index in [0.717, 1.165) is 6.20 Å². The van der Waals surface area contributed by atoms with Crippen molar-refractivity contribution in [1.29, 1.82) is 0 Å². The smallest absolute Gasteiger partial charge is 0.309 e. The summed E-state index contributed by atoms with van der Waals surface area (Å²) < 4.78 is 77.9. The zero-order valence-corrected chi connectivity index (χ0v) is 10.9. The third-order valence-electron chi connectivity index (χ3n) is 2.80. The molecule has 0 aliphatic heterocycles.